The molecule has 2 aromatic rings. The molecule has 0 unspecified atom stereocenters. The molecule has 9 heteroatoms. The van der Waals surface area contributed by atoms with E-state index in [2.05, 4.69) is 14.1 Å². The van der Waals surface area contributed by atoms with Gasteiger partial charge in [0.15, 0.2) is 0 Å². The van der Waals surface area contributed by atoms with Crippen molar-refractivity contribution in [1.29, 1.82) is 0 Å². The van der Waals surface area contributed by atoms with Crippen molar-refractivity contribution in [1.82, 2.24) is 9.36 Å². The Morgan fingerprint density at radius 2 is 2.16 bits per heavy atom. The number of nitrogens with zero attached hydrogens (tertiary/aromatic N) is 2. The van der Waals surface area contributed by atoms with E-state index in [1.165, 1.54) is 25.3 Å². The molecule has 0 amide bonds. The molecule has 102 valence electrons. The van der Waals surface area contributed by atoms with Crippen molar-refractivity contribution in [2.45, 2.75) is 11.8 Å². The smallest absolute Gasteiger partial charge is 0.263 e. The third kappa shape index (κ3) is 2.93. The number of nitrogen functional groups attached to an aromatic ring is 1. The van der Waals surface area contributed by atoms with Gasteiger partial charge in [0.2, 0.25) is 5.13 Å². The van der Waals surface area contributed by atoms with Gasteiger partial charge in [0.25, 0.3) is 10.0 Å². The summed E-state index contributed by atoms with van der Waals surface area (Å²) >= 11 is 0.977. The number of rotatable bonds is 4. The Labute approximate surface area is 114 Å². The molecule has 0 atom stereocenters. The summed E-state index contributed by atoms with van der Waals surface area (Å²) in [6.45, 7) is 1.68. The molecule has 0 bridgehead atoms. The fraction of sp³-hybridized carbons (Fsp3) is 0.200. The molecule has 19 heavy (non-hydrogen) atoms. The molecule has 0 aliphatic rings. The summed E-state index contributed by atoms with van der Waals surface area (Å²) in [5.41, 5.74) is 6.01. The van der Waals surface area contributed by atoms with Crippen molar-refractivity contribution >= 4 is 32.4 Å². The molecular formula is C10H12N4O3S2. The van der Waals surface area contributed by atoms with E-state index in [0.717, 1.165) is 11.5 Å². The van der Waals surface area contributed by atoms with E-state index in [9.17, 15) is 8.42 Å². The molecular weight excluding hydrogens is 288 g/mol. The van der Waals surface area contributed by atoms with Crippen LogP contribution in [0.4, 0.5) is 10.8 Å². The molecule has 1 heterocycles. The van der Waals surface area contributed by atoms with Gasteiger partial charge < -0.3 is 10.5 Å². The van der Waals surface area contributed by atoms with Crippen LogP contribution in [0, 0.1) is 6.92 Å². The van der Waals surface area contributed by atoms with Crippen molar-refractivity contribution in [2.75, 3.05) is 17.6 Å². The molecule has 0 aliphatic heterocycles. The first-order valence-corrected chi connectivity index (χ1v) is 7.44. The molecule has 0 saturated carbocycles. The van der Waals surface area contributed by atoms with Crippen molar-refractivity contribution < 1.29 is 13.2 Å². The van der Waals surface area contributed by atoms with Crippen LogP contribution in [0.1, 0.15) is 5.82 Å². The van der Waals surface area contributed by atoms with Gasteiger partial charge in [0.05, 0.1) is 17.7 Å². The van der Waals surface area contributed by atoms with E-state index in [1.807, 2.05) is 0 Å². The SMILES string of the molecule is COc1cc(S(=O)(=O)Nc2nc(C)ns2)ccc1N. The zero-order chi connectivity index (χ0) is 14.0. The number of benzene rings is 1. The number of methoxy groups -OCH3 is 1. The number of nitrogens with two attached hydrogens (primary N) is 1. The summed E-state index contributed by atoms with van der Waals surface area (Å²) in [6.07, 6.45) is 0. The van der Waals surface area contributed by atoms with Gasteiger partial charge in [-0.3, -0.25) is 4.72 Å². The van der Waals surface area contributed by atoms with Crippen LogP contribution >= 0.6 is 11.5 Å². The van der Waals surface area contributed by atoms with Gasteiger partial charge in [-0.1, -0.05) is 0 Å². The molecule has 0 spiro atoms. The molecule has 2 rings (SSSR count). The Hall–Kier alpha value is -1.87. The van der Waals surface area contributed by atoms with E-state index in [0.29, 0.717) is 17.3 Å². The molecule has 7 nitrogen and oxygen atoms in total. The van der Waals surface area contributed by atoms with Crippen LogP contribution < -0.4 is 15.2 Å². The molecule has 3 N–H and O–H groups in total. The van der Waals surface area contributed by atoms with Crippen LogP contribution in [0.2, 0.25) is 0 Å². The maximum atomic E-state index is 12.1. The maximum absolute atomic E-state index is 12.1. The molecule has 1 aromatic heterocycles. The predicted molar refractivity (Wildman–Crippen MR) is 72.9 cm³/mol. The second-order valence-corrected chi connectivity index (χ2v) is 6.09. The summed E-state index contributed by atoms with van der Waals surface area (Å²) in [6, 6.07) is 4.22. The Morgan fingerprint density at radius 3 is 2.74 bits per heavy atom. The largest absolute Gasteiger partial charge is 0.495 e. The summed E-state index contributed by atoms with van der Waals surface area (Å²) in [7, 11) is -2.31. The second-order valence-electron chi connectivity index (χ2n) is 3.66. The normalized spacial score (nSPS) is 11.3. The van der Waals surface area contributed by atoms with Gasteiger partial charge in [-0.15, -0.1) is 0 Å². The lowest BCUT2D eigenvalue weighted by Crippen LogP contribution is -2.13. The Balaban J connectivity index is 2.34. The zero-order valence-electron chi connectivity index (χ0n) is 10.2. The standard InChI is InChI=1S/C10H12N4O3S2/c1-6-12-10(18-13-6)14-19(15,16)7-3-4-8(11)9(5-7)17-2/h3-5H,11H2,1-2H3,(H,12,13,14). The Morgan fingerprint density at radius 1 is 1.42 bits per heavy atom. The molecule has 0 saturated heterocycles. The Kier molecular flexibility index (Phi) is 3.58. The summed E-state index contributed by atoms with van der Waals surface area (Å²) in [5, 5.41) is 0.216. The van der Waals surface area contributed by atoms with Crippen LogP contribution in [0.5, 0.6) is 5.75 Å². The number of hydrogen-bond acceptors (Lipinski definition) is 7. The molecule has 1 aromatic carbocycles. The first-order chi connectivity index (χ1) is 8.92. The fourth-order valence-corrected chi connectivity index (χ4v) is 3.18. The second kappa shape index (κ2) is 5.02. The zero-order valence-corrected chi connectivity index (χ0v) is 11.9. The van der Waals surface area contributed by atoms with Crippen LogP contribution in [-0.4, -0.2) is 24.9 Å². The van der Waals surface area contributed by atoms with Crippen LogP contribution in [0.3, 0.4) is 0 Å². The minimum Gasteiger partial charge on any atom is -0.495 e. The average molecular weight is 300 g/mol. The lowest BCUT2D eigenvalue weighted by atomic mass is 10.3. The summed E-state index contributed by atoms with van der Waals surface area (Å²) in [5.74, 6) is 0.814. The highest BCUT2D eigenvalue weighted by molar-refractivity contribution is 7.93. The summed E-state index contributed by atoms with van der Waals surface area (Å²) < 4.78 is 35.5. The maximum Gasteiger partial charge on any atom is 0.263 e. The first kappa shape index (κ1) is 13.6. The van der Waals surface area contributed by atoms with Gasteiger partial charge in [0, 0.05) is 17.6 Å². The van der Waals surface area contributed by atoms with E-state index in [4.69, 9.17) is 10.5 Å². The van der Waals surface area contributed by atoms with Gasteiger partial charge in [0.1, 0.15) is 11.6 Å². The first-order valence-electron chi connectivity index (χ1n) is 5.19. The van der Waals surface area contributed by atoms with E-state index >= 15 is 0 Å². The van der Waals surface area contributed by atoms with Crippen LogP contribution in [0.15, 0.2) is 23.1 Å². The number of nitrogens with one attached hydrogen (secondary N) is 1. The number of anilines is 2. The van der Waals surface area contributed by atoms with E-state index in [1.54, 1.807) is 6.92 Å². The highest BCUT2D eigenvalue weighted by atomic mass is 32.2. The van der Waals surface area contributed by atoms with Gasteiger partial charge in [-0.2, -0.15) is 4.37 Å². The Bertz CT molecular complexity index is 697. The number of ether oxygens (including phenoxy) is 1. The number of aryl methyl sites for hydroxylation is 1. The van der Waals surface area contributed by atoms with Gasteiger partial charge >= 0.3 is 0 Å². The van der Waals surface area contributed by atoms with Crippen molar-refractivity contribution in [3.8, 4) is 5.75 Å². The topological polar surface area (TPSA) is 107 Å². The predicted octanol–water partition coefficient (Wildman–Crippen LogP) is 1.24. The minimum absolute atomic E-state index is 0.0476. The highest BCUT2D eigenvalue weighted by Gasteiger charge is 2.18. The van der Waals surface area contributed by atoms with E-state index in [-0.39, 0.29) is 10.0 Å². The number of sulfonamides is 1. The number of aromatic nitrogens is 2. The van der Waals surface area contributed by atoms with Gasteiger partial charge in [-0.05, 0) is 19.1 Å². The van der Waals surface area contributed by atoms with Crippen LogP contribution in [0.25, 0.3) is 0 Å². The average Bonchev–Trinajstić information content (AvgIpc) is 2.74. The lowest BCUT2D eigenvalue weighted by molar-refractivity contribution is 0.415. The van der Waals surface area contributed by atoms with Crippen molar-refractivity contribution in [2.24, 2.45) is 0 Å². The fourth-order valence-electron chi connectivity index (χ4n) is 1.37. The lowest BCUT2D eigenvalue weighted by Gasteiger charge is -2.08. The van der Waals surface area contributed by atoms with Crippen LogP contribution in [-0.2, 0) is 10.0 Å². The monoisotopic (exact) mass is 300 g/mol. The highest BCUT2D eigenvalue weighted by Crippen LogP contribution is 2.26. The van der Waals surface area contributed by atoms with Gasteiger partial charge in [-0.25, -0.2) is 13.4 Å². The third-order valence-electron chi connectivity index (χ3n) is 2.26. The molecule has 0 radical (unpaired) electrons. The minimum atomic E-state index is -3.73. The quantitative estimate of drug-likeness (QED) is 0.823. The van der Waals surface area contributed by atoms with Crippen molar-refractivity contribution in [3.05, 3.63) is 24.0 Å². The van der Waals surface area contributed by atoms with E-state index < -0.39 is 10.0 Å². The summed E-state index contributed by atoms with van der Waals surface area (Å²) in [4.78, 5) is 3.99. The molecule has 0 fully saturated rings. The molecule has 0 aliphatic carbocycles. The van der Waals surface area contributed by atoms with Crippen molar-refractivity contribution in [3.63, 3.8) is 0 Å². The third-order valence-corrected chi connectivity index (χ3v) is 4.45. The number of hydrogen-bond donors (Lipinski definition) is 2.